The number of fused-ring (bicyclic) bond motifs is 2. The Morgan fingerprint density at radius 1 is 0.909 bits per heavy atom. The molecule has 6 aromatic rings. The van der Waals surface area contributed by atoms with Crippen LogP contribution in [0, 0.1) is 5.82 Å². The van der Waals surface area contributed by atoms with E-state index in [1.54, 1.807) is 53.7 Å². The van der Waals surface area contributed by atoms with Crippen LogP contribution in [0.3, 0.4) is 0 Å². The van der Waals surface area contributed by atoms with Gasteiger partial charge in [0, 0.05) is 35.1 Å². The van der Waals surface area contributed by atoms with Crippen LogP contribution in [0.4, 0.5) is 10.1 Å². The number of hydrogen-bond donors (Lipinski definition) is 1. The molecule has 218 valence electrons. The lowest BCUT2D eigenvalue weighted by atomic mass is 10.0. The van der Waals surface area contributed by atoms with Crippen molar-refractivity contribution in [1.82, 2.24) is 19.4 Å². The van der Waals surface area contributed by atoms with E-state index in [0.717, 1.165) is 28.0 Å². The van der Waals surface area contributed by atoms with Crippen molar-refractivity contribution in [3.8, 4) is 17.1 Å². The normalized spacial score (nSPS) is 14.4. The average molecular weight is 604 g/mol. The minimum Gasteiger partial charge on any atom is -0.492 e. The molecule has 0 bridgehead atoms. The summed E-state index contributed by atoms with van der Waals surface area (Å²) in [6.07, 6.45) is 2.87. The Morgan fingerprint density at radius 2 is 1.68 bits per heavy atom. The van der Waals surface area contributed by atoms with E-state index in [2.05, 4.69) is 20.9 Å². The number of anilines is 1. The summed E-state index contributed by atoms with van der Waals surface area (Å²) < 4.78 is 23.1. The molecule has 44 heavy (non-hydrogen) atoms. The topological polar surface area (TPSA) is 72.3 Å². The highest BCUT2D eigenvalue weighted by Crippen LogP contribution is 2.35. The summed E-state index contributed by atoms with van der Waals surface area (Å²) in [5.41, 5.74) is 5.46. The summed E-state index contributed by atoms with van der Waals surface area (Å²) in [5.74, 6) is 0.874. The van der Waals surface area contributed by atoms with E-state index < -0.39 is 12.0 Å². The number of rotatable bonds is 8. The zero-order chi connectivity index (χ0) is 30.0. The summed E-state index contributed by atoms with van der Waals surface area (Å²) in [7, 11) is 0. The Labute approximate surface area is 258 Å². The molecule has 7 nitrogen and oxygen atoms in total. The molecule has 0 fully saturated rings. The third-order valence-electron chi connectivity index (χ3n) is 7.73. The summed E-state index contributed by atoms with van der Waals surface area (Å²) in [6, 6.07) is 31.3. The molecule has 0 aliphatic carbocycles. The van der Waals surface area contributed by atoms with E-state index in [0.29, 0.717) is 34.1 Å². The van der Waals surface area contributed by atoms with Crippen molar-refractivity contribution >= 4 is 34.2 Å². The van der Waals surface area contributed by atoms with Gasteiger partial charge in [-0.2, -0.15) is 0 Å². The lowest BCUT2D eigenvalue weighted by Gasteiger charge is -2.38. The number of imidazole rings is 1. The van der Waals surface area contributed by atoms with Gasteiger partial charge in [0.1, 0.15) is 30.2 Å². The van der Waals surface area contributed by atoms with Crippen molar-refractivity contribution in [2.75, 3.05) is 18.5 Å². The van der Waals surface area contributed by atoms with E-state index in [1.165, 1.54) is 6.07 Å². The van der Waals surface area contributed by atoms with Gasteiger partial charge >= 0.3 is 0 Å². The molecule has 0 radical (unpaired) electrons. The molecule has 0 saturated carbocycles. The van der Waals surface area contributed by atoms with Crippen molar-refractivity contribution < 1.29 is 13.9 Å². The Bertz CT molecular complexity index is 1960. The molecule has 1 aliphatic rings. The number of nitrogens with one attached hydrogen (secondary N) is 1. The number of carbonyl (C=O) groups is 1. The Balaban J connectivity index is 1.10. The first kappa shape index (κ1) is 27.6. The van der Waals surface area contributed by atoms with E-state index >= 15 is 0 Å². The van der Waals surface area contributed by atoms with E-state index in [1.807, 2.05) is 54.6 Å². The van der Waals surface area contributed by atoms with Crippen LogP contribution >= 0.6 is 11.6 Å². The van der Waals surface area contributed by atoms with Crippen LogP contribution in [0.25, 0.3) is 22.4 Å². The van der Waals surface area contributed by atoms with Crippen LogP contribution < -0.4 is 10.1 Å². The highest BCUT2D eigenvalue weighted by atomic mass is 35.5. The summed E-state index contributed by atoms with van der Waals surface area (Å²) >= 11 is 6.19. The molecule has 2 aromatic heterocycles. The number of aromatic nitrogens is 3. The van der Waals surface area contributed by atoms with E-state index in [4.69, 9.17) is 21.3 Å². The number of hydrogen-bond acceptors (Lipinski definition) is 5. The van der Waals surface area contributed by atoms with Crippen molar-refractivity contribution in [3.63, 3.8) is 0 Å². The standard InChI is InChI=1S/C35H27ClFN5O2/c36-25-11-14-28-31(21-25)40-34(27-5-1-2-6-29(27)37)41(35(28)43)19-20-44-26-12-9-24(10-13-26)33-39-30-7-3-4-8-32(30)42(33)22-23-15-17-38-18-16-23/h1-18,21,34,40H,19-20,22H2. The molecule has 7 rings (SSSR count). The monoisotopic (exact) mass is 603 g/mol. The smallest absolute Gasteiger partial charge is 0.257 e. The van der Waals surface area contributed by atoms with Crippen LogP contribution in [-0.4, -0.2) is 38.5 Å². The minimum atomic E-state index is -0.714. The fourth-order valence-electron chi connectivity index (χ4n) is 5.58. The van der Waals surface area contributed by atoms with Gasteiger partial charge in [-0.15, -0.1) is 0 Å². The predicted molar refractivity (Wildman–Crippen MR) is 169 cm³/mol. The van der Waals surface area contributed by atoms with Crippen LogP contribution in [0.15, 0.2) is 116 Å². The fraction of sp³-hybridized carbons (Fsp3) is 0.114. The van der Waals surface area contributed by atoms with Gasteiger partial charge in [-0.25, -0.2) is 9.37 Å². The van der Waals surface area contributed by atoms with E-state index in [-0.39, 0.29) is 19.1 Å². The van der Waals surface area contributed by atoms with Crippen LogP contribution in [-0.2, 0) is 6.54 Å². The molecular formula is C35H27ClFN5O2. The largest absolute Gasteiger partial charge is 0.492 e. The van der Waals surface area contributed by atoms with Crippen molar-refractivity contribution in [2.24, 2.45) is 0 Å². The predicted octanol–water partition coefficient (Wildman–Crippen LogP) is 7.58. The molecule has 4 aromatic carbocycles. The Morgan fingerprint density at radius 3 is 2.50 bits per heavy atom. The second-order valence-electron chi connectivity index (χ2n) is 10.5. The minimum absolute atomic E-state index is 0.210. The number of halogens is 2. The number of pyridine rings is 1. The first-order valence-electron chi connectivity index (χ1n) is 14.2. The zero-order valence-corrected chi connectivity index (χ0v) is 24.3. The molecule has 0 spiro atoms. The van der Waals surface area contributed by atoms with Gasteiger partial charge in [0.15, 0.2) is 0 Å². The molecule has 1 atom stereocenters. The van der Waals surface area contributed by atoms with Gasteiger partial charge in [0.25, 0.3) is 5.91 Å². The summed E-state index contributed by atoms with van der Waals surface area (Å²) in [4.78, 5) is 24.2. The summed E-state index contributed by atoms with van der Waals surface area (Å²) in [6.45, 7) is 1.10. The van der Waals surface area contributed by atoms with Crippen LogP contribution in [0.1, 0.15) is 27.7 Å². The maximum absolute atomic E-state index is 14.9. The van der Waals surface area contributed by atoms with Gasteiger partial charge in [-0.3, -0.25) is 9.78 Å². The number of nitrogens with zero attached hydrogens (tertiary/aromatic N) is 4. The fourth-order valence-corrected chi connectivity index (χ4v) is 5.75. The van der Waals surface area contributed by atoms with Crippen molar-refractivity contribution in [1.29, 1.82) is 0 Å². The lowest BCUT2D eigenvalue weighted by molar-refractivity contribution is 0.0648. The molecule has 1 amide bonds. The highest BCUT2D eigenvalue weighted by molar-refractivity contribution is 6.31. The second-order valence-corrected chi connectivity index (χ2v) is 10.9. The number of carbonyl (C=O) groups excluding carboxylic acids is 1. The number of ether oxygens (including phenoxy) is 1. The number of benzene rings is 4. The summed E-state index contributed by atoms with van der Waals surface area (Å²) in [5, 5.41) is 3.79. The lowest BCUT2D eigenvalue weighted by Crippen LogP contribution is -2.45. The third-order valence-corrected chi connectivity index (χ3v) is 7.97. The zero-order valence-electron chi connectivity index (χ0n) is 23.5. The molecule has 3 heterocycles. The SMILES string of the molecule is O=C1c2ccc(Cl)cc2NC(c2ccccc2F)N1CCOc1ccc(-c2nc3ccccc3n2Cc2ccncc2)cc1. The molecule has 1 unspecified atom stereocenters. The van der Waals surface area contributed by atoms with Crippen LogP contribution in [0.5, 0.6) is 5.75 Å². The number of amides is 1. The van der Waals surface area contributed by atoms with Gasteiger partial charge in [0.05, 0.1) is 28.8 Å². The molecule has 1 N–H and O–H groups in total. The first-order chi connectivity index (χ1) is 21.5. The van der Waals surface area contributed by atoms with Gasteiger partial charge in [0.2, 0.25) is 0 Å². The molecule has 0 saturated heterocycles. The molecular weight excluding hydrogens is 577 g/mol. The van der Waals surface area contributed by atoms with Crippen molar-refractivity contribution in [3.05, 3.63) is 143 Å². The first-order valence-corrected chi connectivity index (χ1v) is 14.6. The van der Waals surface area contributed by atoms with Crippen LogP contribution in [0.2, 0.25) is 5.02 Å². The Hall–Kier alpha value is -5.21. The van der Waals surface area contributed by atoms with Gasteiger partial charge < -0.3 is 19.5 Å². The van der Waals surface area contributed by atoms with Gasteiger partial charge in [-0.05, 0) is 78.4 Å². The maximum atomic E-state index is 14.9. The van der Waals surface area contributed by atoms with Crippen molar-refractivity contribution in [2.45, 2.75) is 12.7 Å². The highest BCUT2D eigenvalue weighted by Gasteiger charge is 2.34. The van der Waals surface area contributed by atoms with E-state index in [9.17, 15) is 9.18 Å². The quantitative estimate of drug-likeness (QED) is 0.194. The average Bonchev–Trinajstić information content (AvgIpc) is 3.41. The molecule has 9 heteroatoms. The third kappa shape index (κ3) is 5.36. The molecule has 1 aliphatic heterocycles. The maximum Gasteiger partial charge on any atom is 0.257 e. The van der Waals surface area contributed by atoms with Gasteiger partial charge in [-0.1, -0.05) is 41.9 Å². The Kier molecular flexibility index (Phi) is 7.42. The number of para-hydroxylation sites is 2. The second kappa shape index (κ2) is 11.8.